The molecule has 0 fully saturated rings. The molecule has 0 radical (unpaired) electrons. The number of hydrogen-bond acceptors (Lipinski definition) is 6. The minimum absolute atomic E-state index is 0.0791. The van der Waals surface area contributed by atoms with Gasteiger partial charge in [0.15, 0.2) is 6.61 Å². The van der Waals surface area contributed by atoms with Crippen molar-refractivity contribution in [3.05, 3.63) is 72.3 Å². The normalized spacial score (nSPS) is 15.5. The Bertz CT molecular complexity index is 1260. The van der Waals surface area contributed by atoms with Gasteiger partial charge in [0.05, 0.1) is 11.6 Å². The average Bonchev–Trinajstić information content (AvgIpc) is 2.92. The van der Waals surface area contributed by atoms with E-state index in [9.17, 15) is 19.5 Å². The summed E-state index contributed by atoms with van der Waals surface area (Å²) in [5.41, 5.74) is 9.30. The van der Waals surface area contributed by atoms with E-state index < -0.39 is 29.7 Å². The highest BCUT2D eigenvalue weighted by Gasteiger charge is 2.37. The highest BCUT2D eigenvalue weighted by atomic mass is 16.5. The first-order chi connectivity index (χ1) is 16.3. The molecular formula is C26H25N3O5. The molecule has 2 atom stereocenters. The van der Waals surface area contributed by atoms with Crippen molar-refractivity contribution in [2.75, 3.05) is 17.2 Å². The van der Waals surface area contributed by atoms with Crippen LogP contribution in [-0.4, -0.2) is 35.5 Å². The van der Waals surface area contributed by atoms with E-state index in [-0.39, 0.29) is 12.4 Å². The number of rotatable bonds is 5. The minimum Gasteiger partial charge on any atom is -0.508 e. The first kappa shape index (κ1) is 22.8. The Labute approximate surface area is 197 Å². The summed E-state index contributed by atoms with van der Waals surface area (Å²) in [6, 6.07) is 17.5. The third-order valence-electron chi connectivity index (χ3n) is 5.78. The average molecular weight is 460 g/mol. The van der Waals surface area contributed by atoms with E-state index >= 15 is 0 Å². The van der Waals surface area contributed by atoms with Crippen LogP contribution in [0.15, 0.2) is 66.7 Å². The second-order valence-electron chi connectivity index (χ2n) is 8.13. The largest absolute Gasteiger partial charge is 0.508 e. The van der Waals surface area contributed by atoms with E-state index in [2.05, 4.69) is 5.32 Å². The van der Waals surface area contributed by atoms with Crippen molar-refractivity contribution in [2.24, 2.45) is 0 Å². The number of nitrogens with zero attached hydrogens (tertiary/aromatic N) is 1. The molecule has 8 nitrogen and oxygen atoms in total. The Morgan fingerprint density at radius 2 is 1.79 bits per heavy atom. The topological polar surface area (TPSA) is 122 Å². The molecule has 3 aromatic rings. The summed E-state index contributed by atoms with van der Waals surface area (Å²) < 4.78 is 5.39. The highest BCUT2D eigenvalue weighted by Crippen LogP contribution is 2.44. The van der Waals surface area contributed by atoms with E-state index in [0.717, 1.165) is 16.0 Å². The highest BCUT2D eigenvalue weighted by molar-refractivity contribution is 6.22. The number of nitrogens with one attached hydrogen (secondary N) is 1. The lowest BCUT2D eigenvalue weighted by Gasteiger charge is -2.26. The summed E-state index contributed by atoms with van der Waals surface area (Å²) in [5.74, 6) is -1.62. The van der Waals surface area contributed by atoms with Crippen molar-refractivity contribution >= 4 is 29.1 Å². The number of fused-ring (bicyclic) bond motifs is 3. The number of phenolic OH excluding ortho intramolecular Hbond substituents is 1. The number of hydrogen-bond donors (Lipinski definition) is 3. The maximum absolute atomic E-state index is 13.5. The fourth-order valence-electron chi connectivity index (χ4n) is 4.04. The molecule has 3 aromatic carbocycles. The fourth-order valence-corrected chi connectivity index (χ4v) is 4.04. The predicted octanol–water partition coefficient (Wildman–Crippen LogP) is 3.20. The number of benzene rings is 3. The van der Waals surface area contributed by atoms with Crippen LogP contribution < -0.4 is 20.7 Å². The van der Waals surface area contributed by atoms with E-state index in [0.29, 0.717) is 22.7 Å². The number of carbonyl (C=O) groups excluding carboxylic acids is 3. The van der Waals surface area contributed by atoms with Crippen molar-refractivity contribution < 1.29 is 24.2 Å². The first-order valence-electron chi connectivity index (χ1n) is 10.8. The number of ether oxygens (including phenoxy) is 1. The Balaban J connectivity index is 1.57. The number of phenols is 1. The summed E-state index contributed by atoms with van der Waals surface area (Å²) in [6.07, 6.45) is 0. The quantitative estimate of drug-likeness (QED) is 0.504. The van der Waals surface area contributed by atoms with Gasteiger partial charge in [-0.25, -0.2) is 4.90 Å². The minimum atomic E-state index is -0.998. The van der Waals surface area contributed by atoms with Crippen LogP contribution in [-0.2, 0) is 14.4 Å². The monoisotopic (exact) mass is 459 g/mol. The van der Waals surface area contributed by atoms with Crippen molar-refractivity contribution in [2.45, 2.75) is 25.8 Å². The molecule has 1 heterocycles. The summed E-state index contributed by atoms with van der Waals surface area (Å²) in [5, 5.41) is 11.9. The Morgan fingerprint density at radius 3 is 2.53 bits per heavy atom. The third kappa shape index (κ3) is 4.30. The molecule has 0 saturated carbocycles. The van der Waals surface area contributed by atoms with Crippen LogP contribution in [0.2, 0.25) is 0 Å². The summed E-state index contributed by atoms with van der Waals surface area (Å²) in [6.45, 7) is 2.93. The first-order valence-corrected chi connectivity index (χ1v) is 10.8. The smallest absolute Gasteiger partial charge is 0.258 e. The molecule has 0 aliphatic carbocycles. The molecule has 3 amide bonds. The number of imide groups is 1. The Hall–Kier alpha value is -4.33. The maximum atomic E-state index is 13.5. The van der Waals surface area contributed by atoms with Gasteiger partial charge in [-0.15, -0.1) is 0 Å². The summed E-state index contributed by atoms with van der Waals surface area (Å²) in [7, 11) is 0. The van der Waals surface area contributed by atoms with E-state index in [1.807, 2.05) is 24.3 Å². The zero-order valence-electron chi connectivity index (χ0n) is 18.8. The van der Waals surface area contributed by atoms with Gasteiger partial charge in [-0.2, -0.15) is 0 Å². The number of anilines is 2. The Kier molecular flexibility index (Phi) is 6.23. The van der Waals surface area contributed by atoms with Crippen molar-refractivity contribution in [1.29, 1.82) is 0 Å². The van der Waals surface area contributed by atoms with Gasteiger partial charge in [-0.05, 0) is 61.4 Å². The van der Waals surface area contributed by atoms with E-state index in [1.54, 1.807) is 25.1 Å². The van der Waals surface area contributed by atoms with Gasteiger partial charge < -0.3 is 20.9 Å². The number of nitrogens with two attached hydrogens (primary N) is 1. The SMILES string of the molecule is CC1C(=O)N(C(=O)[C@H](C)NC(=O)COc2ccc(O)cc2)c2cccc(N)c2-c2ccccc21. The van der Waals surface area contributed by atoms with Gasteiger partial charge in [0.25, 0.3) is 11.8 Å². The number of carbonyl (C=O) groups is 3. The fraction of sp³-hybridized carbons (Fsp3) is 0.192. The third-order valence-corrected chi connectivity index (χ3v) is 5.78. The predicted molar refractivity (Wildman–Crippen MR) is 128 cm³/mol. The van der Waals surface area contributed by atoms with E-state index in [4.69, 9.17) is 10.5 Å². The molecule has 0 spiro atoms. The summed E-state index contributed by atoms with van der Waals surface area (Å²) in [4.78, 5) is 40.4. The van der Waals surface area contributed by atoms with Gasteiger partial charge in [0.1, 0.15) is 17.5 Å². The van der Waals surface area contributed by atoms with Crippen LogP contribution in [0.4, 0.5) is 11.4 Å². The molecule has 0 aromatic heterocycles. The molecule has 4 N–H and O–H groups in total. The van der Waals surface area contributed by atoms with Crippen molar-refractivity contribution in [1.82, 2.24) is 5.32 Å². The van der Waals surface area contributed by atoms with Crippen LogP contribution in [0.1, 0.15) is 25.3 Å². The second-order valence-corrected chi connectivity index (χ2v) is 8.13. The number of amides is 3. The van der Waals surface area contributed by atoms with Gasteiger partial charge in [0.2, 0.25) is 5.91 Å². The molecule has 8 heteroatoms. The zero-order chi connectivity index (χ0) is 24.4. The lowest BCUT2D eigenvalue weighted by molar-refractivity contribution is -0.131. The number of aromatic hydroxyl groups is 1. The molecule has 0 bridgehead atoms. The molecule has 1 aliphatic rings. The van der Waals surface area contributed by atoms with Gasteiger partial charge in [-0.3, -0.25) is 14.4 Å². The molecule has 1 aliphatic heterocycles. The van der Waals surface area contributed by atoms with Crippen LogP contribution >= 0.6 is 0 Å². The molecule has 174 valence electrons. The second kappa shape index (κ2) is 9.27. The van der Waals surface area contributed by atoms with Gasteiger partial charge >= 0.3 is 0 Å². The summed E-state index contributed by atoms with van der Waals surface area (Å²) >= 11 is 0. The van der Waals surface area contributed by atoms with Crippen LogP contribution in [0.25, 0.3) is 11.1 Å². The lowest BCUT2D eigenvalue weighted by Crippen LogP contribution is -2.51. The van der Waals surface area contributed by atoms with Crippen molar-refractivity contribution in [3.63, 3.8) is 0 Å². The van der Waals surface area contributed by atoms with Crippen molar-refractivity contribution in [3.8, 4) is 22.6 Å². The molecule has 34 heavy (non-hydrogen) atoms. The van der Waals surface area contributed by atoms with E-state index in [1.165, 1.54) is 31.2 Å². The van der Waals surface area contributed by atoms with Crippen LogP contribution in [0.3, 0.4) is 0 Å². The maximum Gasteiger partial charge on any atom is 0.258 e. The molecule has 4 rings (SSSR count). The Morgan fingerprint density at radius 1 is 1.09 bits per heavy atom. The molecule has 0 saturated heterocycles. The standard InChI is InChI=1S/C26H25N3O5/c1-15-19-6-3-4-7-20(19)24-21(27)8-5-9-22(24)29(25(15)32)26(33)16(2)28-23(31)14-34-18-12-10-17(30)11-13-18/h3-13,15-16,30H,14,27H2,1-2H3,(H,28,31)/t15?,16-/m0/s1. The van der Waals surface area contributed by atoms with Gasteiger partial charge in [0, 0.05) is 11.3 Å². The van der Waals surface area contributed by atoms with Crippen LogP contribution in [0, 0.1) is 0 Å². The molecular weight excluding hydrogens is 434 g/mol. The number of nitrogen functional groups attached to an aromatic ring is 1. The lowest BCUT2D eigenvalue weighted by atomic mass is 9.92. The molecule has 1 unspecified atom stereocenters. The zero-order valence-corrected chi connectivity index (χ0v) is 18.8. The van der Waals surface area contributed by atoms with Gasteiger partial charge in [-0.1, -0.05) is 30.3 Å². The van der Waals surface area contributed by atoms with Crippen LogP contribution in [0.5, 0.6) is 11.5 Å².